The molecule has 0 aliphatic rings. The van der Waals surface area contributed by atoms with E-state index in [1.54, 1.807) is 34.5 Å². The van der Waals surface area contributed by atoms with E-state index in [9.17, 15) is 14.7 Å². The van der Waals surface area contributed by atoms with Gasteiger partial charge in [-0.3, -0.25) is 14.3 Å². The third-order valence-electron chi connectivity index (χ3n) is 4.45. The molecule has 27 heavy (non-hydrogen) atoms. The van der Waals surface area contributed by atoms with Crippen molar-refractivity contribution in [2.45, 2.75) is 13.8 Å². The number of rotatable bonds is 4. The van der Waals surface area contributed by atoms with Crippen LogP contribution in [0.15, 0.2) is 65.0 Å². The fourth-order valence-corrected chi connectivity index (χ4v) is 2.88. The minimum atomic E-state index is -0.182. The van der Waals surface area contributed by atoms with Crippen molar-refractivity contribution in [3.63, 3.8) is 0 Å². The fraction of sp³-hybridized carbons (Fsp3) is 0.143. The van der Waals surface area contributed by atoms with Crippen LogP contribution in [-0.4, -0.2) is 25.7 Å². The smallest absolute Gasteiger partial charge is 0.278 e. The molecule has 0 bridgehead atoms. The van der Waals surface area contributed by atoms with Crippen molar-refractivity contribution in [1.29, 1.82) is 0 Å². The molecule has 0 atom stereocenters. The normalized spacial score (nSPS) is 11.1. The summed E-state index contributed by atoms with van der Waals surface area (Å²) in [5, 5.41) is 9.35. The number of hydrogen-bond acceptors (Lipinski definition) is 3. The van der Waals surface area contributed by atoms with E-state index in [-0.39, 0.29) is 22.6 Å². The molecule has 1 heterocycles. The van der Waals surface area contributed by atoms with Crippen molar-refractivity contribution in [3.05, 3.63) is 87.3 Å². The van der Waals surface area contributed by atoms with Crippen LogP contribution in [0.1, 0.15) is 28.5 Å². The van der Waals surface area contributed by atoms with E-state index in [1.807, 2.05) is 44.3 Å². The minimum Gasteiger partial charge on any atom is -0.508 e. The number of phenolic OH excluding ortho intramolecular Hbond substituents is 1. The number of carbonyl (C=O) groups is 1. The van der Waals surface area contributed by atoms with Crippen LogP contribution in [0.3, 0.4) is 0 Å². The molecular weight excluding hydrogens is 344 g/mol. The van der Waals surface area contributed by atoms with Gasteiger partial charge in [0.05, 0.1) is 11.3 Å². The highest BCUT2D eigenvalue weighted by Crippen LogP contribution is 2.17. The first kappa shape index (κ1) is 19.9. The zero-order valence-electron chi connectivity index (χ0n) is 15.4. The maximum Gasteiger partial charge on any atom is 0.278 e. The van der Waals surface area contributed by atoms with Crippen LogP contribution in [-0.2, 0) is 7.05 Å². The summed E-state index contributed by atoms with van der Waals surface area (Å²) in [5.41, 5.74) is 2.78. The maximum absolute atomic E-state index is 12.9. The number of aromatic nitrogens is 2. The van der Waals surface area contributed by atoms with E-state index < -0.39 is 0 Å². The number of aromatic hydroxyl groups is 1. The number of benzene rings is 2. The van der Waals surface area contributed by atoms with Gasteiger partial charge >= 0.3 is 0 Å². The number of nitrogens with zero attached hydrogens (tertiary/aromatic N) is 2. The van der Waals surface area contributed by atoms with Gasteiger partial charge in [0.25, 0.3) is 5.56 Å². The van der Waals surface area contributed by atoms with Gasteiger partial charge in [-0.1, -0.05) is 18.2 Å². The Bertz CT molecular complexity index is 1040. The molecule has 0 saturated heterocycles. The SMILES string of the molecule is C/C(=C\c1c(C)n(C)n(-c2ccccc2)c1=O)C(=O)c1ccc(O)cc1.O. The summed E-state index contributed by atoms with van der Waals surface area (Å²) in [4.78, 5) is 25.5. The van der Waals surface area contributed by atoms with Gasteiger partial charge in [-0.2, -0.15) is 0 Å². The van der Waals surface area contributed by atoms with E-state index in [0.29, 0.717) is 16.7 Å². The fourth-order valence-electron chi connectivity index (χ4n) is 2.88. The van der Waals surface area contributed by atoms with Crippen LogP contribution in [0.25, 0.3) is 11.8 Å². The predicted molar refractivity (Wildman–Crippen MR) is 105 cm³/mol. The molecular formula is C21H22N2O4. The van der Waals surface area contributed by atoms with Crippen molar-refractivity contribution < 1.29 is 15.4 Å². The highest BCUT2D eigenvalue weighted by atomic mass is 16.3. The highest BCUT2D eigenvalue weighted by molar-refractivity contribution is 6.10. The van der Waals surface area contributed by atoms with Crippen molar-refractivity contribution in [2.24, 2.45) is 7.05 Å². The van der Waals surface area contributed by atoms with E-state index in [0.717, 1.165) is 11.4 Å². The lowest BCUT2D eigenvalue weighted by molar-refractivity contribution is 0.103. The van der Waals surface area contributed by atoms with Crippen molar-refractivity contribution in [1.82, 2.24) is 9.36 Å². The summed E-state index contributed by atoms with van der Waals surface area (Å²) in [6.07, 6.45) is 1.63. The lowest BCUT2D eigenvalue weighted by atomic mass is 10.0. The number of allylic oxidation sites excluding steroid dienone is 1. The number of phenols is 1. The first-order valence-electron chi connectivity index (χ1n) is 8.26. The lowest BCUT2D eigenvalue weighted by Gasteiger charge is -2.07. The largest absolute Gasteiger partial charge is 0.508 e. The molecule has 3 aromatic rings. The number of hydrogen-bond donors (Lipinski definition) is 1. The summed E-state index contributed by atoms with van der Waals surface area (Å²) in [5.74, 6) is -0.0771. The van der Waals surface area contributed by atoms with Gasteiger partial charge in [-0.05, 0) is 61.9 Å². The van der Waals surface area contributed by atoms with Gasteiger partial charge in [0, 0.05) is 18.3 Å². The summed E-state index contributed by atoms with van der Waals surface area (Å²) in [6, 6.07) is 15.4. The van der Waals surface area contributed by atoms with E-state index in [1.165, 1.54) is 12.1 Å². The molecule has 2 aromatic carbocycles. The van der Waals surface area contributed by atoms with Gasteiger partial charge in [0.15, 0.2) is 5.78 Å². The second-order valence-corrected chi connectivity index (χ2v) is 6.18. The Balaban J connectivity index is 0.00000261. The van der Waals surface area contributed by atoms with Crippen LogP contribution in [0, 0.1) is 6.92 Å². The third kappa shape index (κ3) is 3.75. The molecule has 0 amide bonds. The molecule has 0 saturated carbocycles. The van der Waals surface area contributed by atoms with Crippen LogP contribution >= 0.6 is 0 Å². The van der Waals surface area contributed by atoms with Crippen molar-refractivity contribution >= 4 is 11.9 Å². The summed E-state index contributed by atoms with van der Waals surface area (Å²) < 4.78 is 3.36. The Morgan fingerprint density at radius 2 is 1.63 bits per heavy atom. The van der Waals surface area contributed by atoms with E-state index in [2.05, 4.69) is 0 Å². The molecule has 3 rings (SSSR count). The van der Waals surface area contributed by atoms with E-state index in [4.69, 9.17) is 0 Å². The minimum absolute atomic E-state index is 0. The Labute approximate surface area is 156 Å². The topological polar surface area (TPSA) is 95.7 Å². The zero-order valence-corrected chi connectivity index (χ0v) is 15.4. The zero-order chi connectivity index (χ0) is 18.8. The molecule has 6 heteroatoms. The quantitative estimate of drug-likeness (QED) is 0.568. The van der Waals surface area contributed by atoms with Crippen LogP contribution in [0.5, 0.6) is 5.75 Å². The molecule has 0 spiro atoms. The summed E-state index contributed by atoms with van der Waals surface area (Å²) >= 11 is 0. The van der Waals surface area contributed by atoms with Crippen LogP contribution in [0.2, 0.25) is 0 Å². The molecule has 6 nitrogen and oxygen atoms in total. The molecule has 0 aliphatic carbocycles. The number of Topliss-reactive ketones (excluding diaryl/α,β-unsaturated/α-hetero) is 1. The third-order valence-corrected chi connectivity index (χ3v) is 4.45. The van der Waals surface area contributed by atoms with Crippen LogP contribution < -0.4 is 5.56 Å². The maximum atomic E-state index is 12.9. The highest BCUT2D eigenvalue weighted by Gasteiger charge is 2.16. The molecule has 0 aliphatic heterocycles. The summed E-state index contributed by atoms with van der Waals surface area (Å²) in [7, 11) is 1.82. The molecule has 3 N–H and O–H groups in total. The van der Waals surface area contributed by atoms with Gasteiger partial charge in [0.1, 0.15) is 5.75 Å². The molecule has 1 aromatic heterocycles. The molecule has 0 fully saturated rings. The second kappa shape index (κ2) is 7.88. The van der Waals surface area contributed by atoms with Crippen molar-refractivity contribution in [3.8, 4) is 11.4 Å². The Kier molecular flexibility index (Phi) is 5.82. The van der Waals surface area contributed by atoms with Crippen molar-refractivity contribution in [2.75, 3.05) is 0 Å². The number of para-hydroxylation sites is 1. The first-order chi connectivity index (χ1) is 12.4. The first-order valence-corrected chi connectivity index (χ1v) is 8.26. The second-order valence-electron chi connectivity index (χ2n) is 6.18. The number of ketones is 1. The van der Waals surface area contributed by atoms with Gasteiger partial charge in [0.2, 0.25) is 0 Å². The standard InChI is InChI=1S/C21H20N2O3.H2O/c1-14(20(25)16-9-11-18(24)12-10-16)13-19-15(2)22(3)23(21(19)26)17-7-5-4-6-8-17;/h4-13,24H,1-3H3;1H2/b14-13+;. The number of carbonyl (C=O) groups excluding carboxylic acids is 1. The average Bonchev–Trinajstić information content (AvgIpc) is 2.86. The van der Waals surface area contributed by atoms with E-state index >= 15 is 0 Å². The van der Waals surface area contributed by atoms with Gasteiger partial charge in [-0.15, -0.1) is 0 Å². The van der Waals surface area contributed by atoms with Crippen LogP contribution in [0.4, 0.5) is 0 Å². The predicted octanol–water partition coefficient (Wildman–Crippen LogP) is 2.65. The lowest BCUT2D eigenvalue weighted by Crippen LogP contribution is -2.20. The van der Waals surface area contributed by atoms with Gasteiger partial charge in [-0.25, -0.2) is 4.68 Å². The van der Waals surface area contributed by atoms with Gasteiger partial charge < -0.3 is 10.6 Å². The Hall–Kier alpha value is -3.38. The molecule has 140 valence electrons. The average molecular weight is 366 g/mol. The Morgan fingerprint density at radius 3 is 2.22 bits per heavy atom. The molecule has 0 unspecified atom stereocenters. The molecule has 0 radical (unpaired) electrons. The monoisotopic (exact) mass is 366 g/mol. The Morgan fingerprint density at radius 1 is 1.04 bits per heavy atom. The summed E-state index contributed by atoms with van der Waals surface area (Å²) in [6.45, 7) is 3.54.